The molecule has 0 saturated heterocycles. The molecular weight excluding hydrogens is 190 g/mol. The van der Waals surface area contributed by atoms with Gasteiger partial charge in [-0.15, -0.1) is 0 Å². The van der Waals surface area contributed by atoms with Crippen LogP contribution < -0.4 is 10.6 Å². The van der Waals surface area contributed by atoms with Gasteiger partial charge >= 0.3 is 0 Å². The second-order valence-corrected chi connectivity index (χ2v) is 4.25. The van der Waals surface area contributed by atoms with Gasteiger partial charge in [-0.25, -0.2) is 4.98 Å². The van der Waals surface area contributed by atoms with Crippen molar-refractivity contribution < 1.29 is 5.11 Å². The summed E-state index contributed by atoms with van der Waals surface area (Å²) in [5.74, 6) is 1.31. The highest BCUT2D eigenvalue weighted by atomic mass is 16.3. The first kappa shape index (κ1) is 11.8. The van der Waals surface area contributed by atoms with E-state index in [0.717, 1.165) is 12.4 Å². The number of aromatic nitrogens is 1. The van der Waals surface area contributed by atoms with Gasteiger partial charge in [-0.2, -0.15) is 0 Å². The van der Waals surface area contributed by atoms with Crippen LogP contribution in [0.4, 0.5) is 11.6 Å². The summed E-state index contributed by atoms with van der Waals surface area (Å²) in [4.78, 5) is 6.22. The average molecular weight is 209 g/mol. The lowest BCUT2D eigenvalue weighted by Gasteiger charge is -2.29. The van der Waals surface area contributed by atoms with E-state index in [-0.39, 0.29) is 0 Å². The summed E-state index contributed by atoms with van der Waals surface area (Å²) in [6, 6.07) is 5.51. The summed E-state index contributed by atoms with van der Waals surface area (Å²) in [6.07, 6.45) is 0. The Kier molecular flexibility index (Phi) is 3.52. The highest BCUT2D eigenvalue weighted by molar-refractivity contribution is 5.44. The predicted molar refractivity (Wildman–Crippen MR) is 62.8 cm³/mol. The Hall–Kier alpha value is -1.29. The van der Waals surface area contributed by atoms with E-state index in [1.165, 1.54) is 0 Å². The van der Waals surface area contributed by atoms with Crippen molar-refractivity contribution in [3.8, 4) is 0 Å². The standard InChI is InChI=1S/C11H19N3O/c1-4-14(8-11(2,3)15)10-7-5-6-9(12)13-10/h5-7,15H,4,8H2,1-3H3,(H2,12,13). The first-order valence-electron chi connectivity index (χ1n) is 5.12. The molecule has 4 heteroatoms. The molecule has 0 spiro atoms. The van der Waals surface area contributed by atoms with Crippen LogP contribution >= 0.6 is 0 Å². The van der Waals surface area contributed by atoms with E-state index in [1.54, 1.807) is 19.9 Å². The maximum absolute atomic E-state index is 9.75. The summed E-state index contributed by atoms with van der Waals surface area (Å²) < 4.78 is 0. The zero-order valence-electron chi connectivity index (χ0n) is 9.57. The molecule has 84 valence electrons. The van der Waals surface area contributed by atoms with E-state index in [0.29, 0.717) is 12.4 Å². The van der Waals surface area contributed by atoms with E-state index < -0.39 is 5.60 Å². The lowest BCUT2D eigenvalue weighted by Crippen LogP contribution is -2.39. The molecule has 0 fully saturated rings. The molecular formula is C11H19N3O. The van der Waals surface area contributed by atoms with Gasteiger partial charge in [0.1, 0.15) is 11.6 Å². The van der Waals surface area contributed by atoms with E-state index >= 15 is 0 Å². The molecule has 0 unspecified atom stereocenters. The van der Waals surface area contributed by atoms with Gasteiger partial charge in [0.05, 0.1) is 5.60 Å². The topological polar surface area (TPSA) is 62.4 Å². The van der Waals surface area contributed by atoms with Crippen LogP contribution in [0.1, 0.15) is 20.8 Å². The van der Waals surface area contributed by atoms with E-state index in [1.807, 2.05) is 24.0 Å². The smallest absolute Gasteiger partial charge is 0.131 e. The number of nitrogen functional groups attached to an aromatic ring is 1. The molecule has 15 heavy (non-hydrogen) atoms. The van der Waals surface area contributed by atoms with Gasteiger partial charge in [0, 0.05) is 13.1 Å². The van der Waals surface area contributed by atoms with E-state index in [9.17, 15) is 5.11 Å². The molecule has 4 nitrogen and oxygen atoms in total. The third-order valence-electron chi connectivity index (χ3n) is 2.04. The van der Waals surface area contributed by atoms with Crippen molar-refractivity contribution >= 4 is 11.6 Å². The minimum Gasteiger partial charge on any atom is -0.389 e. The average Bonchev–Trinajstić information content (AvgIpc) is 2.13. The second-order valence-electron chi connectivity index (χ2n) is 4.25. The number of nitrogens with two attached hydrogens (primary N) is 1. The van der Waals surface area contributed by atoms with Gasteiger partial charge in [0.25, 0.3) is 0 Å². The van der Waals surface area contributed by atoms with Gasteiger partial charge in [-0.05, 0) is 32.9 Å². The van der Waals surface area contributed by atoms with Crippen molar-refractivity contribution in [3.05, 3.63) is 18.2 Å². The third kappa shape index (κ3) is 3.75. The zero-order valence-corrected chi connectivity index (χ0v) is 9.57. The van der Waals surface area contributed by atoms with Crippen LogP contribution in [0.5, 0.6) is 0 Å². The Balaban J connectivity index is 2.83. The van der Waals surface area contributed by atoms with Gasteiger partial charge in [-0.3, -0.25) is 0 Å². The van der Waals surface area contributed by atoms with Crippen molar-refractivity contribution in [1.29, 1.82) is 0 Å². The molecule has 1 aromatic heterocycles. The Morgan fingerprint density at radius 3 is 2.60 bits per heavy atom. The van der Waals surface area contributed by atoms with Crippen molar-refractivity contribution in [1.82, 2.24) is 4.98 Å². The van der Waals surface area contributed by atoms with Crippen molar-refractivity contribution in [2.24, 2.45) is 0 Å². The fraction of sp³-hybridized carbons (Fsp3) is 0.545. The second kappa shape index (κ2) is 4.49. The number of aliphatic hydroxyl groups is 1. The zero-order chi connectivity index (χ0) is 11.5. The lowest BCUT2D eigenvalue weighted by atomic mass is 10.1. The maximum atomic E-state index is 9.75. The van der Waals surface area contributed by atoms with Crippen LogP contribution in [0.2, 0.25) is 0 Å². The van der Waals surface area contributed by atoms with Crippen LogP contribution in [0.15, 0.2) is 18.2 Å². The van der Waals surface area contributed by atoms with Crippen LogP contribution in [0, 0.1) is 0 Å². The number of hydrogen-bond donors (Lipinski definition) is 2. The Bertz CT molecular complexity index is 320. The highest BCUT2D eigenvalue weighted by Crippen LogP contribution is 2.15. The summed E-state index contributed by atoms with van der Waals surface area (Å²) in [5, 5.41) is 9.75. The van der Waals surface area contributed by atoms with Crippen molar-refractivity contribution in [3.63, 3.8) is 0 Å². The van der Waals surface area contributed by atoms with Gasteiger partial charge < -0.3 is 15.7 Å². The quantitative estimate of drug-likeness (QED) is 0.783. The van der Waals surface area contributed by atoms with Gasteiger partial charge in [0.2, 0.25) is 0 Å². The van der Waals surface area contributed by atoms with Crippen LogP contribution in [0.3, 0.4) is 0 Å². The molecule has 1 aromatic rings. The summed E-state index contributed by atoms with van der Waals surface area (Å²) in [6.45, 7) is 6.92. The molecule has 0 saturated carbocycles. The molecule has 0 aromatic carbocycles. The molecule has 0 aliphatic rings. The molecule has 0 radical (unpaired) electrons. The SMILES string of the molecule is CCN(CC(C)(C)O)c1cccc(N)n1. The third-order valence-corrected chi connectivity index (χ3v) is 2.04. The van der Waals surface area contributed by atoms with Crippen LogP contribution in [0.25, 0.3) is 0 Å². The molecule has 0 bridgehead atoms. The van der Waals surface area contributed by atoms with Crippen LogP contribution in [-0.2, 0) is 0 Å². The Morgan fingerprint density at radius 1 is 1.47 bits per heavy atom. The molecule has 0 atom stereocenters. The number of anilines is 2. The van der Waals surface area contributed by atoms with Crippen LogP contribution in [-0.4, -0.2) is 28.8 Å². The number of rotatable bonds is 4. The van der Waals surface area contributed by atoms with Gasteiger partial charge in [0.15, 0.2) is 0 Å². The largest absolute Gasteiger partial charge is 0.389 e. The maximum Gasteiger partial charge on any atom is 0.131 e. The monoisotopic (exact) mass is 209 g/mol. The van der Waals surface area contributed by atoms with E-state index in [2.05, 4.69) is 4.98 Å². The molecule has 3 N–H and O–H groups in total. The van der Waals surface area contributed by atoms with E-state index in [4.69, 9.17) is 5.73 Å². The fourth-order valence-electron chi connectivity index (χ4n) is 1.44. The van der Waals surface area contributed by atoms with Crippen molar-refractivity contribution in [2.75, 3.05) is 23.7 Å². The Morgan fingerprint density at radius 2 is 2.13 bits per heavy atom. The van der Waals surface area contributed by atoms with Crippen molar-refractivity contribution in [2.45, 2.75) is 26.4 Å². The number of pyridine rings is 1. The minimum atomic E-state index is -0.734. The summed E-state index contributed by atoms with van der Waals surface area (Å²) in [5.41, 5.74) is 4.88. The first-order valence-corrected chi connectivity index (χ1v) is 5.12. The normalized spacial score (nSPS) is 11.5. The molecule has 1 rings (SSSR count). The molecule has 0 aliphatic carbocycles. The first-order chi connectivity index (χ1) is 6.92. The number of hydrogen-bond acceptors (Lipinski definition) is 4. The highest BCUT2D eigenvalue weighted by Gasteiger charge is 2.18. The number of likely N-dealkylation sites (N-methyl/N-ethyl adjacent to an activating group) is 1. The summed E-state index contributed by atoms with van der Waals surface area (Å²) >= 11 is 0. The summed E-state index contributed by atoms with van der Waals surface area (Å²) in [7, 11) is 0. The minimum absolute atomic E-state index is 0.502. The molecule has 0 amide bonds. The fourth-order valence-corrected chi connectivity index (χ4v) is 1.44. The number of nitrogens with zero attached hydrogens (tertiary/aromatic N) is 2. The Labute approximate surface area is 90.7 Å². The molecule has 1 heterocycles. The predicted octanol–water partition coefficient (Wildman–Crippen LogP) is 1.26. The molecule has 0 aliphatic heterocycles. The van der Waals surface area contributed by atoms with Gasteiger partial charge in [-0.1, -0.05) is 6.07 Å². The lowest BCUT2D eigenvalue weighted by molar-refractivity contribution is 0.0874.